The minimum Gasteiger partial charge on any atom is -0.481 e. The van der Waals surface area contributed by atoms with Crippen molar-refractivity contribution >= 4 is 11.8 Å². The third-order valence-corrected chi connectivity index (χ3v) is 5.30. The maximum absolute atomic E-state index is 12.2. The summed E-state index contributed by atoms with van der Waals surface area (Å²) in [6.45, 7) is 4.01. The number of carboxylic acids is 1. The first-order chi connectivity index (χ1) is 11.9. The molecule has 1 aliphatic carbocycles. The number of carbonyl (C=O) groups excluding carboxylic acids is 1. The van der Waals surface area contributed by atoms with Crippen LogP contribution < -0.4 is 0 Å². The number of hydrogen-bond acceptors (Lipinski definition) is 3. The zero-order chi connectivity index (χ0) is 18.7. The van der Waals surface area contributed by atoms with Crippen molar-refractivity contribution in [3.8, 4) is 0 Å². The number of carboxylic acid groups (broad SMARTS) is 1. The molecule has 0 aliphatic heterocycles. The van der Waals surface area contributed by atoms with Crippen LogP contribution in [-0.4, -0.2) is 27.6 Å². The van der Waals surface area contributed by atoms with Gasteiger partial charge in [0.2, 0.25) is 0 Å². The molecular formula is C21H36O4. The standard InChI is InChI=1S/C21H36O4/c1-3-4-9-15-21(2,25)16-14-17-12-13-19(22)18(17)10-7-5-6-8-11-20(23)24/h14,16-18,25H,3-13,15H2,1-2H3,(H,23,24)/b16-14+/t17-,18+,21-/m0/s1. The Kier molecular flexibility index (Phi) is 10.0. The lowest BCUT2D eigenvalue weighted by Gasteiger charge is -2.21. The van der Waals surface area contributed by atoms with E-state index < -0.39 is 11.6 Å². The summed E-state index contributed by atoms with van der Waals surface area (Å²) in [5.74, 6) is -0.0423. The number of aliphatic hydroxyl groups is 1. The van der Waals surface area contributed by atoms with E-state index in [9.17, 15) is 14.7 Å². The van der Waals surface area contributed by atoms with E-state index in [4.69, 9.17) is 5.11 Å². The van der Waals surface area contributed by atoms with Crippen LogP contribution in [0, 0.1) is 11.8 Å². The Bertz CT molecular complexity index is 439. The Hall–Kier alpha value is -1.16. The number of aliphatic carboxylic acids is 1. The van der Waals surface area contributed by atoms with Crippen molar-refractivity contribution in [3.05, 3.63) is 12.2 Å². The highest BCUT2D eigenvalue weighted by atomic mass is 16.4. The Morgan fingerprint density at radius 1 is 1.20 bits per heavy atom. The first-order valence-electron chi connectivity index (χ1n) is 10.0. The predicted octanol–water partition coefficient (Wildman–Crippen LogP) is 4.89. The summed E-state index contributed by atoms with van der Waals surface area (Å²) < 4.78 is 0. The van der Waals surface area contributed by atoms with Crippen LogP contribution in [0.15, 0.2) is 12.2 Å². The summed E-state index contributed by atoms with van der Waals surface area (Å²) >= 11 is 0. The summed E-state index contributed by atoms with van der Waals surface area (Å²) in [7, 11) is 0. The van der Waals surface area contributed by atoms with Crippen molar-refractivity contribution in [3.63, 3.8) is 0 Å². The fourth-order valence-corrected chi connectivity index (χ4v) is 3.68. The third-order valence-electron chi connectivity index (χ3n) is 5.30. The largest absolute Gasteiger partial charge is 0.481 e. The summed E-state index contributed by atoms with van der Waals surface area (Å²) in [5, 5.41) is 19.1. The lowest BCUT2D eigenvalue weighted by Crippen LogP contribution is -2.21. The van der Waals surface area contributed by atoms with Crippen molar-refractivity contribution in [2.75, 3.05) is 0 Å². The van der Waals surface area contributed by atoms with Gasteiger partial charge in [0, 0.05) is 18.8 Å². The SMILES string of the molecule is CCCCC[C@](C)(O)/C=C/[C@@H]1CCC(=O)[C@@H]1CCCCCCC(=O)O. The third kappa shape index (κ3) is 9.20. The van der Waals surface area contributed by atoms with Gasteiger partial charge in [-0.05, 0) is 38.5 Å². The Labute approximate surface area is 152 Å². The van der Waals surface area contributed by atoms with Crippen LogP contribution in [0.4, 0.5) is 0 Å². The minimum absolute atomic E-state index is 0.0853. The molecule has 4 nitrogen and oxygen atoms in total. The topological polar surface area (TPSA) is 74.6 Å². The molecule has 0 unspecified atom stereocenters. The molecule has 0 radical (unpaired) electrons. The molecule has 1 fully saturated rings. The van der Waals surface area contributed by atoms with Gasteiger partial charge in [0.05, 0.1) is 5.60 Å². The van der Waals surface area contributed by atoms with Crippen LogP contribution in [0.25, 0.3) is 0 Å². The number of Topliss-reactive ketones (excluding diaryl/α,β-unsaturated/α-hetero) is 1. The van der Waals surface area contributed by atoms with Crippen molar-refractivity contribution in [1.82, 2.24) is 0 Å². The average molecular weight is 353 g/mol. The van der Waals surface area contributed by atoms with E-state index in [-0.39, 0.29) is 18.3 Å². The highest BCUT2D eigenvalue weighted by molar-refractivity contribution is 5.83. The monoisotopic (exact) mass is 352 g/mol. The van der Waals surface area contributed by atoms with Crippen molar-refractivity contribution < 1.29 is 19.8 Å². The molecule has 25 heavy (non-hydrogen) atoms. The smallest absolute Gasteiger partial charge is 0.303 e. The molecule has 3 atom stereocenters. The molecule has 1 aliphatic rings. The predicted molar refractivity (Wildman–Crippen MR) is 100 cm³/mol. The molecule has 0 saturated heterocycles. The van der Waals surface area contributed by atoms with Gasteiger partial charge in [0.25, 0.3) is 0 Å². The molecule has 0 aromatic carbocycles. The second kappa shape index (κ2) is 11.5. The summed E-state index contributed by atoms with van der Waals surface area (Å²) in [4.78, 5) is 22.6. The fourth-order valence-electron chi connectivity index (χ4n) is 3.68. The van der Waals surface area contributed by atoms with E-state index in [2.05, 4.69) is 13.0 Å². The van der Waals surface area contributed by atoms with Crippen LogP contribution >= 0.6 is 0 Å². The van der Waals surface area contributed by atoms with Crippen LogP contribution in [0.5, 0.6) is 0 Å². The lowest BCUT2D eigenvalue weighted by molar-refractivity contribution is -0.137. The van der Waals surface area contributed by atoms with Crippen molar-refractivity contribution in [2.24, 2.45) is 11.8 Å². The number of allylic oxidation sites excluding steroid dienone is 1. The Balaban J connectivity index is 2.38. The molecule has 1 saturated carbocycles. The van der Waals surface area contributed by atoms with E-state index in [1.807, 2.05) is 13.0 Å². The number of hydrogen-bond donors (Lipinski definition) is 2. The quantitative estimate of drug-likeness (QED) is 0.365. The molecular weight excluding hydrogens is 316 g/mol. The van der Waals surface area contributed by atoms with E-state index in [1.165, 1.54) is 0 Å². The van der Waals surface area contributed by atoms with Crippen LogP contribution in [0.3, 0.4) is 0 Å². The summed E-state index contributed by atoms with van der Waals surface area (Å²) in [5.41, 5.74) is -0.776. The average Bonchev–Trinajstić information content (AvgIpc) is 2.89. The van der Waals surface area contributed by atoms with Gasteiger partial charge in [-0.1, -0.05) is 57.6 Å². The van der Waals surface area contributed by atoms with Crippen molar-refractivity contribution in [2.45, 2.75) is 96.5 Å². The Morgan fingerprint density at radius 3 is 2.60 bits per heavy atom. The van der Waals surface area contributed by atoms with Gasteiger partial charge in [-0.3, -0.25) is 9.59 Å². The van der Waals surface area contributed by atoms with Gasteiger partial charge in [-0.15, -0.1) is 0 Å². The second-order valence-corrected chi connectivity index (χ2v) is 7.80. The van der Waals surface area contributed by atoms with Crippen molar-refractivity contribution in [1.29, 1.82) is 0 Å². The zero-order valence-electron chi connectivity index (χ0n) is 16.0. The van der Waals surface area contributed by atoms with Gasteiger partial charge in [-0.25, -0.2) is 0 Å². The van der Waals surface area contributed by atoms with Gasteiger partial charge < -0.3 is 10.2 Å². The number of ketones is 1. The molecule has 0 aromatic heterocycles. The maximum Gasteiger partial charge on any atom is 0.303 e. The number of unbranched alkanes of at least 4 members (excludes halogenated alkanes) is 5. The van der Waals surface area contributed by atoms with Gasteiger partial charge in [0.15, 0.2) is 0 Å². The van der Waals surface area contributed by atoms with Crippen LogP contribution in [0.1, 0.15) is 90.9 Å². The number of carbonyl (C=O) groups is 2. The minimum atomic E-state index is -0.776. The van der Waals surface area contributed by atoms with E-state index in [0.717, 1.165) is 64.2 Å². The molecule has 0 amide bonds. The molecule has 2 N–H and O–H groups in total. The first kappa shape index (κ1) is 21.9. The molecule has 0 aromatic rings. The summed E-state index contributed by atoms with van der Waals surface area (Å²) in [6.07, 6.45) is 14.3. The van der Waals surface area contributed by atoms with E-state index in [1.54, 1.807) is 0 Å². The normalized spacial score (nSPS) is 23.2. The highest BCUT2D eigenvalue weighted by Crippen LogP contribution is 2.34. The summed E-state index contributed by atoms with van der Waals surface area (Å²) in [6, 6.07) is 0. The number of rotatable bonds is 13. The van der Waals surface area contributed by atoms with E-state index >= 15 is 0 Å². The van der Waals surface area contributed by atoms with E-state index in [0.29, 0.717) is 12.2 Å². The molecule has 0 spiro atoms. The molecule has 0 heterocycles. The van der Waals surface area contributed by atoms with Gasteiger partial charge in [0.1, 0.15) is 5.78 Å². The second-order valence-electron chi connectivity index (χ2n) is 7.80. The molecule has 1 rings (SSSR count). The Morgan fingerprint density at radius 2 is 1.92 bits per heavy atom. The first-order valence-corrected chi connectivity index (χ1v) is 10.0. The fraction of sp³-hybridized carbons (Fsp3) is 0.810. The lowest BCUT2D eigenvalue weighted by atomic mass is 9.87. The van der Waals surface area contributed by atoms with Crippen LogP contribution in [-0.2, 0) is 9.59 Å². The maximum atomic E-state index is 12.2. The van der Waals surface area contributed by atoms with Gasteiger partial charge in [-0.2, -0.15) is 0 Å². The van der Waals surface area contributed by atoms with Crippen LogP contribution in [0.2, 0.25) is 0 Å². The van der Waals surface area contributed by atoms with Gasteiger partial charge >= 0.3 is 5.97 Å². The zero-order valence-corrected chi connectivity index (χ0v) is 16.0. The molecule has 4 heteroatoms. The molecule has 144 valence electrons. The molecule has 0 bridgehead atoms. The highest BCUT2D eigenvalue weighted by Gasteiger charge is 2.32.